The number of carbonyl (C=O) groups is 1. The van der Waals surface area contributed by atoms with E-state index in [0.717, 1.165) is 5.56 Å². The third-order valence-electron chi connectivity index (χ3n) is 5.36. The van der Waals surface area contributed by atoms with Gasteiger partial charge in [0.1, 0.15) is 5.75 Å². The minimum atomic E-state index is -3.98. The van der Waals surface area contributed by atoms with Crippen molar-refractivity contribution >= 4 is 31.6 Å². The van der Waals surface area contributed by atoms with Crippen molar-refractivity contribution in [3.63, 3.8) is 0 Å². The Morgan fingerprint density at radius 2 is 1.81 bits per heavy atom. The predicted molar refractivity (Wildman–Crippen MR) is 122 cm³/mol. The second kappa shape index (κ2) is 9.18. The lowest BCUT2D eigenvalue weighted by Gasteiger charge is -2.25. The number of amides is 1. The number of aryl methyl sites for hydroxylation is 1. The topological polar surface area (TPSA) is 113 Å². The van der Waals surface area contributed by atoms with Crippen LogP contribution in [-0.2, 0) is 24.8 Å². The van der Waals surface area contributed by atoms with Gasteiger partial charge in [0.15, 0.2) is 0 Å². The number of ether oxygens (including phenoxy) is 1. The molecule has 1 atom stereocenters. The number of sulfonamides is 2. The van der Waals surface area contributed by atoms with Gasteiger partial charge in [-0.1, -0.05) is 18.2 Å². The van der Waals surface area contributed by atoms with Crippen molar-refractivity contribution in [2.45, 2.75) is 24.3 Å². The number of hydrogen-bond donors (Lipinski definition) is 1. The number of benzene rings is 2. The second-order valence-corrected chi connectivity index (χ2v) is 11.5. The number of hydrogen-bond acceptors (Lipinski definition) is 7. The van der Waals surface area contributed by atoms with Gasteiger partial charge in [-0.3, -0.25) is 4.79 Å². The molecule has 2 aromatic rings. The molecule has 174 valence electrons. The van der Waals surface area contributed by atoms with E-state index in [1.165, 1.54) is 18.2 Å². The molecule has 0 saturated carbocycles. The lowest BCUT2D eigenvalue weighted by atomic mass is 10.1. The number of nitrogens with one attached hydrogen (secondary N) is 1. The summed E-state index contributed by atoms with van der Waals surface area (Å²) in [5.74, 6) is -0.157. The molecule has 1 N–H and O–H groups in total. The van der Waals surface area contributed by atoms with E-state index in [9.17, 15) is 21.6 Å². The van der Waals surface area contributed by atoms with Crippen LogP contribution in [0.15, 0.2) is 47.4 Å². The van der Waals surface area contributed by atoms with Gasteiger partial charge in [-0.15, -0.1) is 0 Å². The quantitative estimate of drug-likeness (QED) is 0.610. The largest absolute Gasteiger partial charge is 0.497 e. The molecule has 0 aliphatic carbocycles. The zero-order chi connectivity index (χ0) is 23.7. The third kappa shape index (κ3) is 4.96. The number of carbonyl (C=O) groups excluding carboxylic acids is 1. The summed E-state index contributed by atoms with van der Waals surface area (Å²) in [5, 5.41) is 0. The van der Waals surface area contributed by atoms with Crippen LogP contribution in [0, 0.1) is 6.92 Å². The fraction of sp³-hybridized carbons (Fsp3) is 0.381. The highest BCUT2D eigenvalue weighted by molar-refractivity contribution is 7.94. The van der Waals surface area contributed by atoms with E-state index in [0.29, 0.717) is 15.6 Å². The molecule has 9 nitrogen and oxygen atoms in total. The van der Waals surface area contributed by atoms with E-state index in [1.54, 1.807) is 26.2 Å². The Kier molecular flexibility index (Phi) is 6.94. The summed E-state index contributed by atoms with van der Waals surface area (Å²) >= 11 is 0. The summed E-state index contributed by atoms with van der Waals surface area (Å²) in [5.41, 5.74) is 1.37. The van der Waals surface area contributed by atoms with E-state index >= 15 is 0 Å². The normalized spacial score (nSPS) is 17.0. The highest BCUT2D eigenvalue weighted by Gasteiger charge is 2.37. The number of anilines is 1. The van der Waals surface area contributed by atoms with Gasteiger partial charge in [-0.2, -0.15) is 0 Å². The predicted octanol–water partition coefficient (Wildman–Crippen LogP) is 1.65. The van der Waals surface area contributed by atoms with E-state index < -0.39 is 26.0 Å². The first kappa shape index (κ1) is 24.2. The fourth-order valence-corrected chi connectivity index (χ4v) is 6.32. The number of methoxy groups -OCH3 is 1. The molecule has 0 radical (unpaired) electrons. The van der Waals surface area contributed by atoms with E-state index in [4.69, 9.17) is 4.74 Å². The molecule has 1 amide bonds. The molecular formula is C21H27N3O6S2. The van der Waals surface area contributed by atoms with E-state index in [1.807, 2.05) is 31.1 Å². The minimum absolute atomic E-state index is 0.0257. The molecular weight excluding hydrogens is 454 g/mol. The van der Waals surface area contributed by atoms with Gasteiger partial charge in [0, 0.05) is 19.0 Å². The van der Waals surface area contributed by atoms with Crippen LogP contribution < -0.4 is 13.8 Å². The van der Waals surface area contributed by atoms with Crippen LogP contribution in [0.4, 0.5) is 5.69 Å². The van der Waals surface area contributed by atoms with Gasteiger partial charge >= 0.3 is 0 Å². The molecule has 32 heavy (non-hydrogen) atoms. The van der Waals surface area contributed by atoms with E-state index in [-0.39, 0.29) is 35.3 Å². The van der Waals surface area contributed by atoms with Crippen LogP contribution in [0.25, 0.3) is 0 Å². The molecule has 1 fully saturated rings. The highest BCUT2D eigenvalue weighted by atomic mass is 32.2. The zero-order valence-corrected chi connectivity index (χ0v) is 20.0. The second-order valence-electron chi connectivity index (χ2n) is 7.78. The molecule has 1 aliphatic rings. The van der Waals surface area contributed by atoms with Crippen molar-refractivity contribution in [3.8, 4) is 5.75 Å². The maximum atomic E-state index is 13.1. The average Bonchev–Trinajstić information content (AvgIpc) is 3.01. The zero-order valence-electron chi connectivity index (χ0n) is 18.4. The van der Waals surface area contributed by atoms with Gasteiger partial charge in [0.05, 0.1) is 23.4 Å². The first-order chi connectivity index (χ1) is 15.0. The molecule has 1 aliphatic heterocycles. The fourth-order valence-electron chi connectivity index (χ4n) is 3.56. The Morgan fingerprint density at radius 1 is 1.16 bits per heavy atom. The Morgan fingerprint density at radius 3 is 2.34 bits per heavy atom. The molecule has 0 spiro atoms. The Bertz CT molecular complexity index is 1210. The molecule has 0 aromatic heterocycles. The lowest BCUT2D eigenvalue weighted by molar-refractivity contribution is -0.116. The van der Waals surface area contributed by atoms with Gasteiger partial charge < -0.3 is 9.64 Å². The van der Waals surface area contributed by atoms with Crippen LogP contribution in [-0.4, -0.2) is 61.1 Å². The van der Waals surface area contributed by atoms with Gasteiger partial charge in [-0.25, -0.2) is 25.9 Å². The summed E-state index contributed by atoms with van der Waals surface area (Å²) in [7, 11) is -2.51. The molecule has 11 heteroatoms. The summed E-state index contributed by atoms with van der Waals surface area (Å²) in [6.45, 7) is 1.71. The van der Waals surface area contributed by atoms with Crippen LogP contribution in [0.2, 0.25) is 0 Å². The Labute approximate surface area is 189 Å². The van der Waals surface area contributed by atoms with Crippen LogP contribution >= 0.6 is 0 Å². The van der Waals surface area contributed by atoms with E-state index in [2.05, 4.69) is 4.72 Å². The van der Waals surface area contributed by atoms with Crippen molar-refractivity contribution in [1.82, 2.24) is 9.62 Å². The molecule has 1 heterocycles. The van der Waals surface area contributed by atoms with Gasteiger partial charge in [0.25, 0.3) is 0 Å². The highest BCUT2D eigenvalue weighted by Crippen LogP contribution is 2.29. The van der Waals surface area contributed by atoms with Crippen molar-refractivity contribution in [2.24, 2.45) is 0 Å². The summed E-state index contributed by atoms with van der Waals surface area (Å²) in [6, 6.07) is 11.3. The maximum Gasteiger partial charge on any atom is 0.242 e. The number of likely N-dealkylation sites (N-methyl/N-ethyl adjacent to an activating group) is 1. The Hall–Kier alpha value is -2.47. The molecule has 3 rings (SSSR count). The van der Waals surface area contributed by atoms with Gasteiger partial charge in [-0.05, 0) is 56.4 Å². The van der Waals surface area contributed by atoms with Crippen molar-refractivity contribution in [3.05, 3.63) is 53.6 Å². The maximum absolute atomic E-state index is 13.1. The first-order valence-electron chi connectivity index (χ1n) is 9.93. The smallest absolute Gasteiger partial charge is 0.242 e. The average molecular weight is 482 g/mol. The van der Waals surface area contributed by atoms with Crippen molar-refractivity contribution in [2.75, 3.05) is 37.8 Å². The third-order valence-corrected chi connectivity index (χ3v) is 8.62. The first-order valence-corrected chi connectivity index (χ1v) is 13.0. The SMILES string of the molecule is COc1ccc([C@@H](CNS(=O)(=O)c2cc(N3C(=O)CCS3(=O)=O)ccc2C)N(C)C)cc1. The summed E-state index contributed by atoms with van der Waals surface area (Å²) in [4.78, 5) is 13.9. The monoisotopic (exact) mass is 481 g/mol. The standard InChI is InChI=1S/C21H27N3O6S2/c1-15-5-8-17(24-21(25)11-12-31(24,26)27)13-20(15)32(28,29)22-14-19(23(2)3)16-6-9-18(30-4)10-7-16/h5-10,13,19,22H,11-12,14H2,1-4H3/t19-/m1/s1. The van der Waals surface area contributed by atoms with Crippen LogP contribution in [0.5, 0.6) is 5.75 Å². The molecule has 0 unspecified atom stereocenters. The van der Waals surface area contributed by atoms with Gasteiger partial charge in [0.2, 0.25) is 26.0 Å². The molecule has 1 saturated heterocycles. The summed E-state index contributed by atoms with van der Waals surface area (Å²) < 4.78 is 59.2. The number of nitrogens with zero attached hydrogens (tertiary/aromatic N) is 2. The van der Waals surface area contributed by atoms with Crippen molar-refractivity contribution < 1.29 is 26.4 Å². The van der Waals surface area contributed by atoms with Crippen molar-refractivity contribution in [1.29, 1.82) is 0 Å². The number of rotatable bonds is 8. The summed E-state index contributed by atoms with van der Waals surface area (Å²) in [6.07, 6.45) is -0.122. The lowest BCUT2D eigenvalue weighted by Crippen LogP contribution is -2.35. The van der Waals surface area contributed by atoms with Crippen LogP contribution in [0.1, 0.15) is 23.6 Å². The minimum Gasteiger partial charge on any atom is -0.497 e. The Balaban J connectivity index is 1.87. The molecule has 0 bridgehead atoms. The van der Waals surface area contributed by atoms with Crippen LogP contribution in [0.3, 0.4) is 0 Å². The molecule has 2 aromatic carbocycles.